The van der Waals surface area contributed by atoms with Gasteiger partial charge in [-0.1, -0.05) is 0 Å². The van der Waals surface area contributed by atoms with Gasteiger partial charge in [-0.2, -0.15) is 0 Å². The number of halogens is 2. The molecule has 2 fully saturated rings. The Morgan fingerprint density at radius 2 is 1.00 bits per heavy atom. The number of allylic oxidation sites excluding steroid dienone is 8. The van der Waals surface area contributed by atoms with Crippen LogP contribution in [0.15, 0.2) is 48.6 Å². The van der Waals surface area contributed by atoms with E-state index in [9.17, 15) is 0 Å². The van der Waals surface area contributed by atoms with Crippen molar-refractivity contribution in [2.45, 2.75) is 32.9 Å². The van der Waals surface area contributed by atoms with Gasteiger partial charge < -0.3 is 24.8 Å². The van der Waals surface area contributed by atoms with Crippen molar-refractivity contribution in [3.05, 3.63) is 48.6 Å². The van der Waals surface area contributed by atoms with Crippen LogP contribution in [0, 0.1) is 23.7 Å². The molecule has 0 aromatic carbocycles. The minimum atomic E-state index is -0.253. The molecule has 0 aliphatic heterocycles. The second kappa shape index (κ2) is 7.80. The van der Waals surface area contributed by atoms with Crippen LogP contribution >= 0.6 is 0 Å². The van der Waals surface area contributed by atoms with E-state index in [0.29, 0.717) is 0 Å². The molecule has 3 heteroatoms. The quantitative estimate of drug-likeness (QED) is 0.556. The number of rotatable bonds is 2. The van der Waals surface area contributed by atoms with Gasteiger partial charge in [0.15, 0.2) is 0 Å². The van der Waals surface area contributed by atoms with E-state index in [1.54, 1.807) is 0 Å². The van der Waals surface area contributed by atoms with Gasteiger partial charge in [0.05, 0.1) is 0 Å². The zero-order chi connectivity index (χ0) is 12.7. The first-order valence-corrected chi connectivity index (χ1v) is 10.7. The summed E-state index contributed by atoms with van der Waals surface area (Å²) < 4.78 is 2.25. The third kappa shape index (κ3) is 3.51. The van der Waals surface area contributed by atoms with Crippen LogP contribution < -0.4 is 24.8 Å². The molecule has 0 nitrogen and oxygen atoms in total. The van der Waals surface area contributed by atoms with Crippen molar-refractivity contribution < 1.29 is 48.0 Å². The van der Waals surface area contributed by atoms with E-state index < -0.39 is 0 Å². The van der Waals surface area contributed by atoms with E-state index >= 15 is 0 Å². The molecule has 0 aromatic heterocycles. The van der Waals surface area contributed by atoms with Crippen LogP contribution in [-0.2, 0) is 23.2 Å². The zero-order valence-electron chi connectivity index (χ0n) is 12.2. The fraction of sp³-hybridized carbons (Fsp3) is 0.556. The predicted octanol–water partition coefficient (Wildman–Crippen LogP) is -1.04. The van der Waals surface area contributed by atoms with Crippen LogP contribution in [0.1, 0.15) is 25.7 Å². The molecule has 0 radical (unpaired) electrons. The molecule has 21 heavy (non-hydrogen) atoms. The largest absolute Gasteiger partial charge is 1.00 e. The Labute approximate surface area is 152 Å². The molecule has 0 saturated heterocycles. The van der Waals surface area contributed by atoms with Crippen LogP contribution in [0.4, 0.5) is 0 Å². The van der Waals surface area contributed by atoms with Crippen LogP contribution in [0.5, 0.6) is 0 Å². The Morgan fingerprint density at radius 1 is 0.571 bits per heavy atom. The third-order valence-electron chi connectivity index (χ3n) is 5.57. The van der Waals surface area contributed by atoms with Gasteiger partial charge in [-0.15, -0.1) is 0 Å². The first-order valence-electron chi connectivity index (χ1n) is 7.88. The first-order chi connectivity index (χ1) is 9.42. The molecule has 6 atom stereocenters. The van der Waals surface area contributed by atoms with Crippen molar-refractivity contribution in [1.82, 2.24) is 0 Å². The fourth-order valence-corrected chi connectivity index (χ4v) is 10.4. The van der Waals surface area contributed by atoms with Crippen LogP contribution in [0.25, 0.3) is 0 Å². The van der Waals surface area contributed by atoms with Crippen LogP contribution in [0.3, 0.4) is 0 Å². The molecule has 4 aliphatic carbocycles. The number of hydrogen-bond acceptors (Lipinski definition) is 0. The minimum absolute atomic E-state index is 0. The Balaban J connectivity index is 0.000000807. The van der Waals surface area contributed by atoms with Crippen molar-refractivity contribution in [1.29, 1.82) is 0 Å². The molecule has 0 spiro atoms. The fourth-order valence-electron chi connectivity index (χ4n) is 4.58. The Bertz CT molecular complexity index is 424. The molecule has 2 saturated carbocycles. The molecule has 4 rings (SSSR count). The number of hydrogen-bond donors (Lipinski definition) is 0. The van der Waals surface area contributed by atoms with E-state index in [0.717, 1.165) is 30.9 Å². The minimum Gasteiger partial charge on any atom is -1.00 e. The summed E-state index contributed by atoms with van der Waals surface area (Å²) in [6.45, 7) is 0. The maximum absolute atomic E-state index is 2.53. The zero-order valence-corrected chi connectivity index (χ0v) is 16.1. The van der Waals surface area contributed by atoms with E-state index in [1.165, 1.54) is 25.7 Å². The standard InChI is InChI=1S/2C9H11.2ClH.Zr/c2*1-2-5-9-7-3-6-8(9)4-1;;;/h2*1-2,4-6,8-9H,3,7H2;2*1H;/q;;;;+2/p-2. The maximum Gasteiger partial charge on any atom is -1.00 e. The van der Waals surface area contributed by atoms with E-state index in [2.05, 4.69) is 48.6 Å². The molecule has 112 valence electrons. The van der Waals surface area contributed by atoms with E-state index in [-0.39, 0.29) is 48.0 Å². The van der Waals surface area contributed by atoms with Gasteiger partial charge in [-0.25, -0.2) is 0 Å². The first kappa shape index (κ1) is 17.8. The summed E-state index contributed by atoms with van der Waals surface area (Å²) in [4.78, 5) is 0. The Kier molecular flexibility index (Phi) is 6.60. The molecule has 0 bridgehead atoms. The van der Waals surface area contributed by atoms with Crippen molar-refractivity contribution >= 4 is 0 Å². The van der Waals surface area contributed by atoms with Crippen molar-refractivity contribution in [3.63, 3.8) is 0 Å². The smallest absolute Gasteiger partial charge is 1.00 e. The van der Waals surface area contributed by atoms with Crippen LogP contribution in [-0.4, -0.2) is 0 Å². The van der Waals surface area contributed by atoms with Crippen molar-refractivity contribution in [3.8, 4) is 0 Å². The number of fused-ring (bicyclic) bond motifs is 2. The van der Waals surface area contributed by atoms with Gasteiger partial charge >= 0.3 is 128 Å². The second-order valence-corrected chi connectivity index (χ2v) is 11.0. The van der Waals surface area contributed by atoms with Gasteiger partial charge in [-0.3, -0.25) is 0 Å². The average molecular weight is 401 g/mol. The topological polar surface area (TPSA) is 0 Å². The summed E-state index contributed by atoms with van der Waals surface area (Å²) in [5.74, 6) is 3.65. The second-order valence-electron chi connectivity index (χ2n) is 6.56. The molecule has 0 heterocycles. The van der Waals surface area contributed by atoms with Crippen molar-refractivity contribution in [2.24, 2.45) is 23.7 Å². The van der Waals surface area contributed by atoms with E-state index in [1.807, 2.05) is 0 Å². The molecule has 0 N–H and O–H groups in total. The third-order valence-corrected chi connectivity index (χ3v) is 11.0. The van der Waals surface area contributed by atoms with Gasteiger partial charge in [0.25, 0.3) is 0 Å². The van der Waals surface area contributed by atoms with Gasteiger partial charge in [0, 0.05) is 0 Å². The normalized spacial score (nSPS) is 41.7. The average Bonchev–Trinajstić information content (AvgIpc) is 3.05. The molecular weight excluding hydrogens is 378 g/mol. The predicted molar refractivity (Wildman–Crippen MR) is 76.5 cm³/mol. The monoisotopic (exact) mass is 398 g/mol. The summed E-state index contributed by atoms with van der Waals surface area (Å²) in [5, 5.41) is 0. The summed E-state index contributed by atoms with van der Waals surface area (Å²) in [6, 6.07) is 0. The van der Waals surface area contributed by atoms with Gasteiger partial charge in [0.1, 0.15) is 0 Å². The summed E-state index contributed by atoms with van der Waals surface area (Å²) in [6.07, 6.45) is 25.2. The summed E-state index contributed by atoms with van der Waals surface area (Å²) in [7, 11) is 0. The SMILES string of the molecule is C1=CC2CC[CH]([Zr+2][CH]3CCC4C=CC=CC43)C2C=C1.[Cl-].[Cl-]. The maximum atomic E-state index is 2.53. The van der Waals surface area contributed by atoms with E-state index in [4.69, 9.17) is 0 Å². The van der Waals surface area contributed by atoms with Crippen molar-refractivity contribution in [2.75, 3.05) is 0 Å². The molecular formula is C18H22Cl2Zr. The van der Waals surface area contributed by atoms with Crippen LogP contribution in [0.2, 0.25) is 7.25 Å². The molecule has 0 aromatic rings. The van der Waals surface area contributed by atoms with Gasteiger partial charge in [0.2, 0.25) is 0 Å². The van der Waals surface area contributed by atoms with Gasteiger partial charge in [-0.05, 0) is 0 Å². The summed E-state index contributed by atoms with van der Waals surface area (Å²) >= 11 is -0.253. The summed E-state index contributed by atoms with van der Waals surface area (Å²) in [5.41, 5.74) is 0. The Hall–Kier alpha value is 0.423. The molecule has 0 amide bonds. The molecule has 6 unspecified atom stereocenters. The molecule has 4 aliphatic rings. The Morgan fingerprint density at radius 3 is 1.48 bits per heavy atom.